The molecule has 0 spiro atoms. The number of aliphatic hydroxyl groups excluding tert-OH is 1. The van der Waals surface area contributed by atoms with Crippen LogP contribution in [0.3, 0.4) is 0 Å². The minimum atomic E-state index is -1.09. The van der Waals surface area contributed by atoms with Gasteiger partial charge in [-0.15, -0.1) is 0 Å². The van der Waals surface area contributed by atoms with Crippen LogP contribution in [-0.4, -0.2) is 50.6 Å². The number of imidazole rings is 1. The lowest BCUT2D eigenvalue weighted by molar-refractivity contribution is -0.0769. The van der Waals surface area contributed by atoms with Crippen molar-refractivity contribution in [1.82, 2.24) is 24.4 Å². The summed E-state index contributed by atoms with van der Waals surface area (Å²) in [5.41, 5.74) is 11.8. The largest absolute Gasteiger partial charge is 0.394 e. The molecule has 0 amide bonds. The van der Waals surface area contributed by atoms with Gasteiger partial charge in [0.1, 0.15) is 23.4 Å². The number of rotatable bonds is 7. The minimum Gasteiger partial charge on any atom is -0.394 e. The monoisotopic (exact) mass is 313 g/mol. The highest BCUT2D eigenvalue weighted by Gasteiger charge is 2.23. The van der Waals surface area contributed by atoms with Crippen molar-refractivity contribution in [2.24, 2.45) is 5.11 Å². The maximum absolute atomic E-state index is 12.7. The molecule has 5 N–H and O–H groups in total. The average Bonchev–Trinajstić information content (AvgIpc) is 2.92. The van der Waals surface area contributed by atoms with E-state index in [-0.39, 0.29) is 23.7 Å². The number of alkyl halides is 1. The van der Waals surface area contributed by atoms with Gasteiger partial charge in [-0.2, -0.15) is 4.98 Å². The molecule has 0 saturated carbocycles. The molecule has 2 rings (SSSR count). The van der Waals surface area contributed by atoms with Gasteiger partial charge in [0.2, 0.25) is 10.9 Å². The lowest BCUT2D eigenvalue weighted by Gasteiger charge is -2.20. The van der Waals surface area contributed by atoms with Crippen LogP contribution >= 0.6 is 0 Å². The van der Waals surface area contributed by atoms with E-state index in [1.165, 1.54) is 10.9 Å². The van der Waals surface area contributed by atoms with E-state index in [9.17, 15) is 9.18 Å². The predicted octanol–water partition coefficient (Wildman–Crippen LogP) is -0.902. The number of ether oxygens (including phenoxy) is 1. The van der Waals surface area contributed by atoms with E-state index in [4.69, 9.17) is 21.1 Å². The molecule has 0 radical (unpaired) electrons. The van der Waals surface area contributed by atoms with E-state index < -0.39 is 31.2 Å². The first-order chi connectivity index (χ1) is 10.6. The van der Waals surface area contributed by atoms with Gasteiger partial charge < -0.3 is 15.6 Å². The molecule has 0 aliphatic carbocycles. The number of nitrogen functional groups attached to an aromatic ring is 1. The fraction of sp³-hybridized carbons (Fsp3) is 0.500. The van der Waals surface area contributed by atoms with Gasteiger partial charge in [0.05, 0.1) is 12.9 Å². The Bertz CT molecular complexity index is 748. The number of halogens is 1. The number of aromatic nitrogens is 4. The number of nitrogens with two attached hydrogens (primary N) is 1. The summed E-state index contributed by atoms with van der Waals surface area (Å²) in [5.74, 6) is -0.121. The summed E-state index contributed by atoms with van der Waals surface area (Å²) in [6.07, 6.45) is -0.799. The van der Waals surface area contributed by atoms with Gasteiger partial charge in [0.15, 0.2) is 23.9 Å². The van der Waals surface area contributed by atoms with E-state index in [1.54, 1.807) is 0 Å². The van der Waals surface area contributed by atoms with Crippen molar-refractivity contribution in [2.75, 3.05) is 25.6 Å². The van der Waals surface area contributed by atoms with Gasteiger partial charge >= 0.3 is 0 Å². The summed E-state index contributed by atoms with van der Waals surface area (Å²) in [6, 6.07) is 0. The number of H-pyrrole nitrogens is 1. The smallest absolute Gasteiger partial charge is 0.280 e. The number of nitrogens with zero attached hydrogens (tertiary/aromatic N) is 5. The van der Waals surface area contributed by atoms with Crippen LogP contribution in [0.2, 0.25) is 0 Å². The van der Waals surface area contributed by atoms with Crippen molar-refractivity contribution < 1.29 is 14.2 Å². The molecule has 12 heteroatoms. The molecule has 0 unspecified atom stereocenters. The van der Waals surface area contributed by atoms with Gasteiger partial charge in [-0.25, -0.2) is 9.37 Å². The Morgan fingerprint density at radius 3 is 3.09 bits per heavy atom. The molecule has 2 atom stereocenters. The van der Waals surface area contributed by atoms with Crippen molar-refractivity contribution in [3.05, 3.63) is 16.7 Å². The van der Waals surface area contributed by atoms with Gasteiger partial charge in [-0.3, -0.25) is 14.3 Å². The zero-order chi connectivity index (χ0) is 16.1. The number of aliphatic hydroxyl groups is 1. The van der Waals surface area contributed by atoms with E-state index in [0.717, 1.165) is 0 Å². The molecule has 22 heavy (non-hydrogen) atoms. The maximum Gasteiger partial charge on any atom is 0.280 e. The second-order valence-electron chi connectivity index (χ2n) is 4.25. The molecular formula is C10H14FN8O3+. The molecule has 2 heterocycles. The third kappa shape index (κ3) is 3.14. The van der Waals surface area contributed by atoms with E-state index in [2.05, 4.69) is 25.0 Å². The molecule has 0 aromatic carbocycles. The summed E-state index contributed by atoms with van der Waals surface area (Å²) < 4.78 is 19.4. The van der Waals surface area contributed by atoms with Crippen LogP contribution in [0.15, 0.2) is 16.2 Å². The Kier molecular flexibility index (Phi) is 4.88. The Balaban J connectivity index is 2.46. The van der Waals surface area contributed by atoms with E-state index in [0.29, 0.717) is 0 Å². The standard InChI is InChI=1S/C10H13FN8O3/c11-1-5(3-20)22-6(2-15-18-13)19-4-14-7-8(19)16-10(12)17-9(7)21/h4-6,13,20H,1-3H2,(H2-,12,16,17,21)/p+1/t5-,6-/m0/s1. The molecule has 0 fully saturated rings. The van der Waals surface area contributed by atoms with Crippen molar-refractivity contribution in [3.63, 3.8) is 0 Å². The molecule has 0 aliphatic heterocycles. The van der Waals surface area contributed by atoms with Crippen molar-refractivity contribution in [1.29, 1.82) is 5.53 Å². The Morgan fingerprint density at radius 2 is 2.45 bits per heavy atom. The third-order valence-corrected chi connectivity index (χ3v) is 2.79. The van der Waals surface area contributed by atoms with E-state index in [1.807, 2.05) is 0 Å². The van der Waals surface area contributed by atoms with Crippen LogP contribution in [0.5, 0.6) is 0 Å². The first-order valence-electron chi connectivity index (χ1n) is 6.18. The number of hydrogen-bond donors (Lipinski definition) is 4. The minimum absolute atomic E-state index is 0.0198. The molecule has 2 aromatic heterocycles. The molecule has 118 valence electrons. The van der Waals surface area contributed by atoms with Crippen molar-refractivity contribution >= 4 is 17.1 Å². The summed E-state index contributed by atoms with van der Waals surface area (Å²) in [7, 11) is 0. The van der Waals surface area contributed by atoms with Crippen LogP contribution < -0.4 is 16.2 Å². The SMILES string of the molecule is N=[N+]=NC[C@H](O[C@H](CO)CF)n1cnc2c(=O)[nH]c(N)nc21. The quantitative estimate of drug-likeness (QED) is 0.381. The van der Waals surface area contributed by atoms with Crippen LogP contribution in [0.4, 0.5) is 10.3 Å². The number of nitrogens with one attached hydrogen (secondary N) is 2. The maximum atomic E-state index is 12.7. The zero-order valence-electron chi connectivity index (χ0n) is 11.3. The highest BCUT2D eigenvalue weighted by molar-refractivity contribution is 5.70. The van der Waals surface area contributed by atoms with Crippen molar-refractivity contribution in [3.8, 4) is 0 Å². The summed E-state index contributed by atoms with van der Waals surface area (Å²) in [5, 5.41) is 12.5. The zero-order valence-corrected chi connectivity index (χ0v) is 11.3. The predicted molar refractivity (Wildman–Crippen MR) is 71.7 cm³/mol. The normalized spacial score (nSPS) is 13.7. The van der Waals surface area contributed by atoms with Crippen LogP contribution in [0.1, 0.15) is 6.23 Å². The highest BCUT2D eigenvalue weighted by Crippen LogP contribution is 2.17. The second-order valence-corrected chi connectivity index (χ2v) is 4.25. The lowest BCUT2D eigenvalue weighted by atomic mass is 10.4. The molecular weight excluding hydrogens is 299 g/mol. The van der Waals surface area contributed by atoms with Crippen molar-refractivity contribution in [2.45, 2.75) is 12.3 Å². The van der Waals surface area contributed by atoms with E-state index >= 15 is 0 Å². The van der Waals surface area contributed by atoms with Gasteiger partial charge in [-0.05, 0) is 0 Å². The molecule has 11 nitrogen and oxygen atoms in total. The molecule has 0 saturated heterocycles. The van der Waals surface area contributed by atoms with Gasteiger partial charge in [-0.1, -0.05) is 0 Å². The summed E-state index contributed by atoms with van der Waals surface area (Å²) >= 11 is 0. The Hall–Kier alpha value is -2.69. The first-order valence-corrected chi connectivity index (χ1v) is 6.18. The summed E-state index contributed by atoms with van der Waals surface area (Å²) in [4.78, 5) is 24.7. The Labute approximate surface area is 122 Å². The highest BCUT2D eigenvalue weighted by atomic mass is 19.1. The van der Waals surface area contributed by atoms with Gasteiger partial charge in [0.25, 0.3) is 5.56 Å². The molecule has 0 bridgehead atoms. The molecule has 2 aromatic rings. The summed E-state index contributed by atoms with van der Waals surface area (Å²) in [6.45, 7) is -1.62. The fourth-order valence-electron chi connectivity index (χ4n) is 1.81. The third-order valence-electron chi connectivity index (χ3n) is 2.79. The number of anilines is 1. The fourth-order valence-corrected chi connectivity index (χ4v) is 1.81. The van der Waals surface area contributed by atoms with Crippen LogP contribution in [0, 0.1) is 5.53 Å². The number of hydrogen-bond acceptors (Lipinski definition) is 8. The lowest BCUT2D eigenvalue weighted by Crippen LogP contribution is -2.27. The topological polar surface area (TPSA) is 169 Å². The average molecular weight is 313 g/mol. The number of aromatic amines is 1. The van der Waals surface area contributed by atoms with Gasteiger partial charge in [0, 0.05) is 0 Å². The second kappa shape index (κ2) is 6.85. The Morgan fingerprint density at radius 1 is 1.68 bits per heavy atom. The number of fused-ring (bicyclic) bond motifs is 1. The first kappa shape index (κ1) is 15.7. The molecule has 0 aliphatic rings. The van der Waals surface area contributed by atoms with Crippen LogP contribution in [-0.2, 0) is 4.74 Å². The van der Waals surface area contributed by atoms with Crippen LogP contribution in [0.25, 0.3) is 11.2 Å².